The van der Waals surface area contributed by atoms with Gasteiger partial charge in [0, 0.05) is 4.88 Å². The highest BCUT2D eigenvalue weighted by atomic mass is 35.5. The van der Waals surface area contributed by atoms with Crippen LogP contribution in [0.5, 0.6) is 0 Å². The summed E-state index contributed by atoms with van der Waals surface area (Å²) in [5.74, 6) is 0.564. The minimum atomic E-state index is -0.648. The highest BCUT2D eigenvalue weighted by Crippen LogP contribution is 2.37. The largest absolute Gasteiger partial charge is 0.325 e. The standard InChI is InChI=1S/C14H17ClN2O2S/c1-9-4-6-14(7-5-9)12(18)17(13(19)16-14)8-10-2-3-11(15)20-10/h2-3,9H,4-8H2,1H3,(H,16,19). The first-order valence-electron chi connectivity index (χ1n) is 6.88. The van der Waals surface area contributed by atoms with Gasteiger partial charge in [-0.25, -0.2) is 4.79 Å². The zero-order valence-electron chi connectivity index (χ0n) is 11.3. The minimum absolute atomic E-state index is 0.0704. The topological polar surface area (TPSA) is 49.4 Å². The summed E-state index contributed by atoms with van der Waals surface area (Å²) >= 11 is 7.30. The van der Waals surface area contributed by atoms with Crippen molar-refractivity contribution in [3.8, 4) is 0 Å². The molecule has 0 radical (unpaired) electrons. The molecule has 1 spiro atoms. The van der Waals surface area contributed by atoms with Crippen molar-refractivity contribution in [2.24, 2.45) is 5.92 Å². The number of carbonyl (C=O) groups excluding carboxylic acids is 2. The number of urea groups is 1. The highest BCUT2D eigenvalue weighted by molar-refractivity contribution is 7.16. The molecule has 6 heteroatoms. The van der Waals surface area contributed by atoms with Gasteiger partial charge in [0.05, 0.1) is 10.9 Å². The van der Waals surface area contributed by atoms with Crippen LogP contribution in [0.4, 0.5) is 4.79 Å². The molecule has 20 heavy (non-hydrogen) atoms. The molecule has 0 atom stereocenters. The van der Waals surface area contributed by atoms with Crippen LogP contribution in [-0.2, 0) is 11.3 Å². The zero-order valence-corrected chi connectivity index (χ0v) is 12.9. The maximum absolute atomic E-state index is 12.6. The number of nitrogens with zero attached hydrogens (tertiary/aromatic N) is 1. The number of carbonyl (C=O) groups is 2. The van der Waals surface area contributed by atoms with E-state index in [1.54, 1.807) is 6.07 Å². The van der Waals surface area contributed by atoms with Gasteiger partial charge in [-0.15, -0.1) is 11.3 Å². The van der Waals surface area contributed by atoms with Gasteiger partial charge in [-0.2, -0.15) is 0 Å². The summed E-state index contributed by atoms with van der Waals surface area (Å²) in [4.78, 5) is 27.0. The predicted molar refractivity (Wildman–Crippen MR) is 78.8 cm³/mol. The number of hydrogen-bond donors (Lipinski definition) is 1. The molecule has 4 nitrogen and oxygen atoms in total. The van der Waals surface area contributed by atoms with Crippen LogP contribution in [-0.4, -0.2) is 22.4 Å². The highest BCUT2D eigenvalue weighted by Gasteiger charge is 2.51. The lowest BCUT2D eigenvalue weighted by Crippen LogP contribution is -2.49. The van der Waals surface area contributed by atoms with Gasteiger partial charge in [0.15, 0.2) is 0 Å². The first-order chi connectivity index (χ1) is 9.50. The molecule has 2 aliphatic rings. The van der Waals surface area contributed by atoms with Gasteiger partial charge in [-0.05, 0) is 43.7 Å². The van der Waals surface area contributed by atoms with E-state index in [4.69, 9.17) is 11.6 Å². The number of thiophene rings is 1. The molecular weight excluding hydrogens is 296 g/mol. The van der Waals surface area contributed by atoms with Crippen molar-refractivity contribution >= 4 is 34.9 Å². The fourth-order valence-electron chi connectivity index (χ4n) is 3.01. The second-order valence-corrected chi connectivity index (χ2v) is 7.59. The molecule has 3 rings (SSSR count). The summed E-state index contributed by atoms with van der Waals surface area (Å²) in [7, 11) is 0. The molecule has 1 aliphatic heterocycles. The lowest BCUT2D eigenvalue weighted by Gasteiger charge is -2.33. The molecule has 0 unspecified atom stereocenters. The molecule has 1 saturated carbocycles. The third kappa shape index (κ3) is 2.33. The maximum Gasteiger partial charge on any atom is 0.325 e. The van der Waals surface area contributed by atoms with Crippen LogP contribution in [0.3, 0.4) is 0 Å². The van der Waals surface area contributed by atoms with Gasteiger partial charge in [0.25, 0.3) is 5.91 Å². The van der Waals surface area contributed by atoms with Gasteiger partial charge in [0.2, 0.25) is 0 Å². The van der Waals surface area contributed by atoms with Crippen molar-refractivity contribution in [1.29, 1.82) is 0 Å². The van der Waals surface area contributed by atoms with Crippen molar-refractivity contribution in [3.05, 3.63) is 21.3 Å². The van der Waals surface area contributed by atoms with E-state index in [-0.39, 0.29) is 11.9 Å². The van der Waals surface area contributed by atoms with E-state index in [0.29, 0.717) is 16.8 Å². The Bertz CT molecular complexity index is 549. The van der Waals surface area contributed by atoms with E-state index in [1.165, 1.54) is 16.2 Å². The average Bonchev–Trinajstić information content (AvgIpc) is 2.92. The number of amides is 3. The smallest absolute Gasteiger partial charge is 0.323 e. The van der Waals surface area contributed by atoms with Crippen LogP contribution in [0.1, 0.15) is 37.5 Å². The molecule has 1 N–H and O–H groups in total. The van der Waals surface area contributed by atoms with Gasteiger partial charge in [0.1, 0.15) is 5.54 Å². The van der Waals surface area contributed by atoms with E-state index in [9.17, 15) is 9.59 Å². The fraction of sp³-hybridized carbons (Fsp3) is 0.571. The number of nitrogens with one attached hydrogen (secondary N) is 1. The van der Waals surface area contributed by atoms with E-state index in [0.717, 1.165) is 30.6 Å². The lowest BCUT2D eigenvalue weighted by atomic mass is 9.77. The van der Waals surface area contributed by atoms with Gasteiger partial charge in [-0.3, -0.25) is 9.69 Å². The van der Waals surface area contributed by atoms with Crippen LogP contribution in [0, 0.1) is 5.92 Å². The Labute approximate surface area is 127 Å². The van der Waals surface area contributed by atoms with Crippen LogP contribution >= 0.6 is 22.9 Å². The Morgan fingerprint density at radius 1 is 1.40 bits per heavy atom. The zero-order chi connectivity index (χ0) is 14.3. The van der Waals surface area contributed by atoms with Gasteiger partial charge >= 0.3 is 6.03 Å². The minimum Gasteiger partial charge on any atom is -0.323 e. The lowest BCUT2D eigenvalue weighted by molar-refractivity contribution is -0.133. The van der Waals surface area contributed by atoms with Gasteiger partial charge in [-0.1, -0.05) is 18.5 Å². The van der Waals surface area contributed by atoms with E-state index in [1.807, 2.05) is 6.07 Å². The number of imide groups is 1. The Kier molecular flexibility index (Phi) is 3.50. The van der Waals surface area contributed by atoms with Crippen molar-refractivity contribution in [1.82, 2.24) is 10.2 Å². The normalized spacial score (nSPS) is 30.1. The SMILES string of the molecule is CC1CCC2(CC1)NC(=O)N(Cc1ccc(Cl)s1)C2=O. The summed E-state index contributed by atoms with van der Waals surface area (Å²) in [5.41, 5.74) is -0.648. The Balaban J connectivity index is 1.77. The second-order valence-electron chi connectivity index (χ2n) is 5.79. The quantitative estimate of drug-likeness (QED) is 0.851. The summed E-state index contributed by atoms with van der Waals surface area (Å²) in [6.45, 7) is 2.51. The molecule has 0 bridgehead atoms. The summed E-state index contributed by atoms with van der Waals surface area (Å²) in [6.07, 6.45) is 3.48. The molecule has 1 aromatic rings. The summed E-state index contributed by atoms with van der Waals surface area (Å²) < 4.78 is 0.674. The molecule has 1 saturated heterocycles. The first kappa shape index (κ1) is 13.9. The molecule has 2 fully saturated rings. The molecule has 1 aliphatic carbocycles. The number of halogens is 1. The molecule has 108 valence electrons. The van der Waals surface area contributed by atoms with Crippen LogP contribution in [0.2, 0.25) is 4.34 Å². The molecular formula is C14H17ClN2O2S. The van der Waals surface area contributed by atoms with E-state index >= 15 is 0 Å². The molecule has 1 aromatic heterocycles. The third-order valence-corrected chi connectivity index (χ3v) is 5.53. The van der Waals surface area contributed by atoms with E-state index in [2.05, 4.69) is 12.2 Å². The molecule has 0 aromatic carbocycles. The average molecular weight is 313 g/mol. The monoisotopic (exact) mass is 312 g/mol. The van der Waals surface area contributed by atoms with Crippen LogP contribution < -0.4 is 5.32 Å². The summed E-state index contributed by atoms with van der Waals surface area (Å²) in [5, 5.41) is 2.93. The summed E-state index contributed by atoms with van der Waals surface area (Å²) in [6, 6.07) is 3.38. The van der Waals surface area contributed by atoms with Crippen molar-refractivity contribution in [2.45, 2.75) is 44.7 Å². The van der Waals surface area contributed by atoms with Crippen molar-refractivity contribution in [2.75, 3.05) is 0 Å². The Hall–Kier alpha value is -1.07. The fourth-order valence-corrected chi connectivity index (χ4v) is 4.08. The number of hydrogen-bond acceptors (Lipinski definition) is 3. The van der Waals surface area contributed by atoms with Crippen LogP contribution in [0.15, 0.2) is 12.1 Å². The van der Waals surface area contributed by atoms with Crippen LogP contribution in [0.25, 0.3) is 0 Å². The van der Waals surface area contributed by atoms with Crippen molar-refractivity contribution < 1.29 is 9.59 Å². The molecule has 2 heterocycles. The number of rotatable bonds is 2. The third-order valence-electron chi connectivity index (χ3n) is 4.32. The second kappa shape index (κ2) is 5.04. The predicted octanol–water partition coefficient (Wildman–Crippen LogP) is 3.40. The Morgan fingerprint density at radius 3 is 2.70 bits per heavy atom. The molecule has 3 amide bonds. The van der Waals surface area contributed by atoms with Crippen molar-refractivity contribution in [3.63, 3.8) is 0 Å². The first-order valence-corrected chi connectivity index (χ1v) is 8.08. The van der Waals surface area contributed by atoms with E-state index < -0.39 is 5.54 Å². The maximum atomic E-state index is 12.6. The van der Waals surface area contributed by atoms with Gasteiger partial charge < -0.3 is 5.32 Å². The Morgan fingerprint density at radius 2 is 2.10 bits per heavy atom.